The van der Waals surface area contributed by atoms with Crippen molar-refractivity contribution in [2.24, 2.45) is 0 Å². The number of sulfonamides is 1. The van der Waals surface area contributed by atoms with Crippen LogP contribution in [-0.2, 0) is 10.0 Å². The zero-order chi connectivity index (χ0) is 13.2. The van der Waals surface area contributed by atoms with Crippen molar-refractivity contribution >= 4 is 33.0 Å². The molecule has 0 fully saturated rings. The number of aliphatic hydroxyl groups excluding tert-OH is 1. The number of nitrogens with zero attached hydrogens (tertiary/aromatic N) is 1. The maximum absolute atomic E-state index is 12.3. The van der Waals surface area contributed by atoms with Crippen LogP contribution in [0.25, 0.3) is 0 Å². The number of aryl methyl sites for hydroxylation is 1. The van der Waals surface area contributed by atoms with Crippen molar-refractivity contribution in [3.8, 4) is 0 Å². The van der Waals surface area contributed by atoms with Crippen LogP contribution in [0.5, 0.6) is 0 Å². The van der Waals surface area contributed by atoms with Crippen molar-refractivity contribution in [1.82, 2.24) is 4.31 Å². The van der Waals surface area contributed by atoms with Crippen LogP contribution >= 0.6 is 22.9 Å². The number of halogens is 1. The highest BCUT2D eigenvalue weighted by Crippen LogP contribution is 2.32. The van der Waals surface area contributed by atoms with Gasteiger partial charge in [-0.2, -0.15) is 4.31 Å². The summed E-state index contributed by atoms with van der Waals surface area (Å²) in [6.07, 6.45) is 0. The van der Waals surface area contributed by atoms with Gasteiger partial charge in [-0.3, -0.25) is 0 Å². The van der Waals surface area contributed by atoms with E-state index < -0.39 is 10.0 Å². The molecule has 1 aromatic rings. The van der Waals surface area contributed by atoms with E-state index in [-0.39, 0.29) is 23.4 Å². The van der Waals surface area contributed by atoms with Crippen molar-refractivity contribution in [1.29, 1.82) is 0 Å². The average molecular weight is 298 g/mol. The standard InChI is InChI=1S/C10H16ClNO3S2/c1-7(2)12(4-5-13)17(14,15)9-6-8(3)10(11)16-9/h6-7,13H,4-5H2,1-3H3. The molecular formula is C10H16ClNO3S2. The maximum Gasteiger partial charge on any atom is 0.252 e. The summed E-state index contributed by atoms with van der Waals surface area (Å²) in [4.78, 5) is 0. The molecule has 0 saturated carbocycles. The van der Waals surface area contributed by atoms with Gasteiger partial charge in [-0.15, -0.1) is 11.3 Å². The van der Waals surface area contributed by atoms with Crippen LogP contribution in [0.2, 0.25) is 4.34 Å². The molecule has 0 amide bonds. The zero-order valence-corrected chi connectivity index (χ0v) is 12.4. The molecule has 17 heavy (non-hydrogen) atoms. The van der Waals surface area contributed by atoms with E-state index in [2.05, 4.69) is 0 Å². The number of hydrogen-bond donors (Lipinski definition) is 1. The lowest BCUT2D eigenvalue weighted by Crippen LogP contribution is -2.38. The molecule has 1 N–H and O–H groups in total. The van der Waals surface area contributed by atoms with E-state index in [4.69, 9.17) is 16.7 Å². The van der Waals surface area contributed by atoms with Crippen molar-refractivity contribution in [2.75, 3.05) is 13.2 Å². The molecule has 4 nitrogen and oxygen atoms in total. The number of hydrogen-bond acceptors (Lipinski definition) is 4. The Morgan fingerprint density at radius 2 is 2.12 bits per heavy atom. The second-order valence-corrected chi connectivity index (χ2v) is 7.73. The SMILES string of the molecule is Cc1cc(S(=O)(=O)N(CCO)C(C)C)sc1Cl. The van der Waals surface area contributed by atoms with Crippen molar-refractivity contribution in [2.45, 2.75) is 31.0 Å². The molecule has 0 aliphatic carbocycles. The highest BCUT2D eigenvalue weighted by atomic mass is 35.5. The Kier molecular flexibility index (Phi) is 4.97. The van der Waals surface area contributed by atoms with Crippen molar-refractivity contribution < 1.29 is 13.5 Å². The molecule has 0 aliphatic rings. The van der Waals surface area contributed by atoms with Crippen LogP contribution in [0.1, 0.15) is 19.4 Å². The van der Waals surface area contributed by atoms with E-state index in [1.54, 1.807) is 26.8 Å². The molecule has 0 bridgehead atoms. The van der Waals surface area contributed by atoms with Crippen molar-refractivity contribution in [3.05, 3.63) is 16.0 Å². The first-order chi connectivity index (χ1) is 7.80. The van der Waals surface area contributed by atoms with Gasteiger partial charge in [0.05, 0.1) is 10.9 Å². The second kappa shape index (κ2) is 5.67. The van der Waals surface area contributed by atoms with Crippen LogP contribution in [-0.4, -0.2) is 37.0 Å². The molecule has 98 valence electrons. The molecule has 0 aromatic carbocycles. The Balaban J connectivity index is 3.16. The Bertz CT molecular complexity index is 462. The van der Waals surface area contributed by atoms with E-state index in [9.17, 15) is 8.42 Å². The van der Waals surface area contributed by atoms with Crippen LogP contribution in [0.3, 0.4) is 0 Å². The first-order valence-electron chi connectivity index (χ1n) is 5.19. The van der Waals surface area contributed by atoms with E-state index in [0.29, 0.717) is 4.34 Å². The molecule has 0 atom stereocenters. The maximum atomic E-state index is 12.3. The lowest BCUT2D eigenvalue weighted by molar-refractivity contribution is 0.237. The first-order valence-corrected chi connectivity index (χ1v) is 7.82. The molecule has 0 radical (unpaired) electrons. The Morgan fingerprint density at radius 1 is 1.53 bits per heavy atom. The zero-order valence-electron chi connectivity index (χ0n) is 9.97. The van der Waals surface area contributed by atoms with Gasteiger partial charge in [-0.25, -0.2) is 8.42 Å². The minimum atomic E-state index is -3.56. The lowest BCUT2D eigenvalue weighted by Gasteiger charge is -2.24. The summed E-state index contributed by atoms with van der Waals surface area (Å²) in [5, 5.41) is 8.93. The molecule has 1 heterocycles. The number of rotatable bonds is 5. The Labute approximate surface area is 111 Å². The van der Waals surface area contributed by atoms with E-state index in [1.807, 2.05) is 0 Å². The minimum absolute atomic E-state index is 0.0918. The van der Waals surface area contributed by atoms with Gasteiger partial charge >= 0.3 is 0 Å². The quantitative estimate of drug-likeness (QED) is 0.905. The Hall–Kier alpha value is -0.140. The molecular weight excluding hydrogens is 282 g/mol. The fourth-order valence-corrected chi connectivity index (χ4v) is 4.89. The van der Waals surface area contributed by atoms with E-state index in [0.717, 1.165) is 16.9 Å². The summed E-state index contributed by atoms with van der Waals surface area (Å²) in [6, 6.07) is 1.36. The third-order valence-electron chi connectivity index (χ3n) is 2.29. The van der Waals surface area contributed by atoms with Crippen LogP contribution < -0.4 is 0 Å². The van der Waals surface area contributed by atoms with E-state index in [1.165, 1.54) is 4.31 Å². The van der Waals surface area contributed by atoms with Crippen LogP contribution in [0, 0.1) is 6.92 Å². The topological polar surface area (TPSA) is 57.6 Å². The van der Waals surface area contributed by atoms with Gasteiger partial charge in [-0.1, -0.05) is 11.6 Å². The fraction of sp³-hybridized carbons (Fsp3) is 0.600. The molecule has 0 spiro atoms. The molecule has 1 aromatic heterocycles. The van der Waals surface area contributed by atoms with Gasteiger partial charge in [0.15, 0.2) is 0 Å². The highest BCUT2D eigenvalue weighted by Gasteiger charge is 2.28. The highest BCUT2D eigenvalue weighted by molar-refractivity contribution is 7.91. The lowest BCUT2D eigenvalue weighted by atomic mass is 10.4. The molecule has 0 saturated heterocycles. The van der Waals surface area contributed by atoms with E-state index >= 15 is 0 Å². The third kappa shape index (κ3) is 3.20. The van der Waals surface area contributed by atoms with Gasteiger partial charge in [-0.05, 0) is 32.4 Å². The summed E-state index contributed by atoms with van der Waals surface area (Å²) in [7, 11) is -3.56. The van der Waals surface area contributed by atoms with Gasteiger partial charge in [0.2, 0.25) is 0 Å². The van der Waals surface area contributed by atoms with Gasteiger partial charge < -0.3 is 5.11 Å². The molecule has 1 rings (SSSR count). The minimum Gasteiger partial charge on any atom is -0.395 e. The van der Waals surface area contributed by atoms with Crippen molar-refractivity contribution in [3.63, 3.8) is 0 Å². The third-order valence-corrected chi connectivity index (χ3v) is 6.37. The largest absolute Gasteiger partial charge is 0.395 e. The molecule has 7 heteroatoms. The molecule has 0 unspecified atom stereocenters. The first kappa shape index (κ1) is 14.9. The average Bonchev–Trinajstić information content (AvgIpc) is 2.55. The predicted molar refractivity (Wildman–Crippen MR) is 70.2 cm³/mol. The monoisotopic (exact) mass is 297 g/mol. The summed E-state index contributed by atoms with van der Waals surface area (Å²) >= 11 is 6.93. The fourth-order valence-electron chi connectivity index (χ4n) is 1.43. The summed E-state index contributed by atoms with van der Waals surface area (Å²) in [6.45, 7) is 5.21. The summed E-state index contributed by atoms with van der Waals surface area (Å²) in [5.41, 5.74) is 0.753. The molecule has 0 aliphatic heterocycles. The predicted octanol–water partition coefficient (Wildman–Crippen LogP) is 2.10. The second-order valence-electron chi connectivity index (χ2n) is 3.96. The smallest absolute Gasteiger partial charge is 0.252 e. The van der Waals surface area contributed by atoms with Crippen LogP contribution in [0.4, 0.5) is 0 Å². The summed E-state index contributed by atoms with van der Waals surface area (Å²) < 4.78 is 26.6. The van der Waals surface area contributed by atoms with Crippen LogP contribution in [0.15, 0.2) is 10.3 Å². The normalized spacial score (nSPS) is 12.6. The Morgan fingerprint density at radius 3 is 2.47 bits per heavy atom. The summed E-state index contributed by atoms with van der Waals surface area (Å²) in [5.74, 6) is 0. The van der Waals surface area contributed by atoms with Gasteiger partial charge in [0.1, 0.15) is 4.21 Å². The van der Waals surface area contributed by atoms with Gasteiger partial charge in [0.25, 0.3) is 10.0 Å². The number of thiophene rings is 1. The number of aliphatic hydroxyl groups is 1. The van der Waals surface area contributed by atoms with Gasteiger partial charge in [0, 0.05) is 12.6 Å².